The van der Waals surface area contributed by atoms with Gasteiger partial charge in [-0.25, -0.2) is 4.98 Å². The number of aliphatic hydroxyl groups is 1. The van der Waals surface area contributed by atoms with Crippen molar-refractivity contribution in [2.75, 3.05) is 24.6 Å². The zero-order valence-corrected chi connectivity index (χ0v) is 13.3. The molecule has 2 N–H and O–H groups in total. The van der Waals surface area contributed by atoms with Crippen molar-refractivity contribution in [3.05, 3.63) is 23.9 Å². The van der Waals surface area contributed by atoms with Gasteiger partial charge in [0, 0.05) is 31.4 Å². The first-order valence-corrected chi connectivity index (χ1v) is 7.52. The molecule has 0 aromatic carbocycles. The molecule has 0 saturated heterocycles. The van der Waals surface area contributed by atoms with Crippen LogP contribution in [-0.2, 0) is 6.54 Å². The van der Waals surface area contributed by atoms with Crippen LogP contribution in [0.5, 0.6) is 0 Å². The van der Waals surface area contributed by atoms with Gasteiger partial charge in [0.25, 0.3) is 0 Å². The largest absolute Gasteiger partial charge is 0.395 e. The summed E-state index contributed by atoms with van der Waals surface area (Å²) < 4.78 is 0. The van der Waals surface area contributed by atoms with Crippen LogP contribution in [0.4, 0.5) is 5.82 Å². The minimum absolute atomic E-state index is 0.114. The first-order chi connectivity index (χ1) is 9.46. The molecule has 114 valence electrons. The van der Waals surface area contributed by atoms with Gasteiger partial charge in [-0.1, -0.05) is 19.4 Å². The van der Waals surface area contributed by atoms with Crippen molar-refractivity contribution in [1.82, 2.24) is 10.3 Å². The van der Waals surface area contributed by atoms with Gasteiger partial charge in [-0.05, 0) is 38.8 Å². The first-order valence-electron chi connectivity index (χ1n) is 7.52. The third-order valence-corrected chi connectivity index (χ3v) is 3.11. The van der Waals surface area contributed by atoms with E-state index in [9.17, 15) is 0 Å². The Morgan fingerprint density at radius 3 is 2.50 bits per heavy atom. The molecule has 0 spiro atoms. The Kier molecular flexibility index (Phi) is 6.96. The SMILES string of the molecule is CCCCN(CCO)c1ccc(CNC(C)(C)C)cn1. The minimum atomic E-state index is 0.114. The lowest BCUT2D eigenvalue weighted by molar-refractivity contribution is 0.301. The molecule has 1 aromatic rings. The number of pyridine rings is 1. The van der Waals surface area contributed by atoms with Gasteiger partial charge in [-0.2, -0.15) is 0 Å². The second-order valence-corrected chi connectivity index (χ2v) is 6.19. The molecule has 0 bridgehead atoms. The number of unbranched alkanes of at least 4 members (excludes halogenated alkanes) is 1. The molecule has 0 radical (unpaired) electrons. The Balaban J connectivity index is 2.62. The molecule has 0 amide bonds. The summed E-state index contributed by atoms with van der Waals surface area (Å²) in [4.78, 5) is 6.67. The molecular formula is C16H29N3O. The molecule has 1 rings (SSSR count). The predicted octanol–water partition coefficient (Wildman–Crippen LogP) is 2.57. The highest BCUT2D eigenvalue weighted by molar-refractivity contribution is 5.39. The second-order valence-electron chi connectivity index (χ2n) is 6.19. The Labute approximate surface area is 123 Å². The van der Waals surface area contributed by atoms with Crippen LogP contribution in [0.2, 0.25) is 0 Å². The van der Waals surface area contributed by atoms with Gasteiger partial charge < -0.3 is 15.3 Å². The monoisotopic (exact) mass is 279 g/mol. The summed E-state index contributed by atoms with van der Waals surface area (Å²) in [6, 6.07) is 4.16. The van der Waals surface area contributed by atoms with E-state index >= 15 is 0 Å². The number of nitrogens with zero attached hydrogens (tertiary/aromatic N) is 2. The highest BCUT2D eigenvalue weighted by atomic mass is 16.3. The van der Waals surface area contributed by atoms with E-state index in [2.05, 4.69) is 49.0 Å². The van der Waals surface area contributed by atoms with E-state index in [-0.39, 0.29) is 12.1 Å². The van der Waals surface area contributed by atoms with Crippen LogP contribution in [0, 0.1) is 0 Å². The lowest BCUT2D eigenvalue weighted by atomic mass is 10.1. The number of nitrogens with one attached hydrogen (secondary N) is 1. The summed E-state index contributed by atoms with van der Waals surface area (Å²) in [6.45, 7) is 11.2. The molecule has 20 heavy (non-hydrogen) atoms. The van der Waals surface area contributed by atoms with E-state index in [1.165, 1.54) is 5.56 Å². The van der Waals surface area contributed by atoms with Crippen LogP contribution < -0.4 is 10.2 Å². The Morgan fingerprint density at radius 1 is 1.25 bits per heavy atom. The summed E-state index contributed by atoms with van der Waals surface area (Å²) in [5, 5.41) is 12.6. The van der Waals surface area contributed by atoms with Gasteiger partial charge in [0.15, 0.2) is 0 Å². The van der Waals surface area contributed by atoms with Gasteiger partial charge in [-0.15, -0.1) is 0 Å². The van der Waals surface area contributed by atoms with E-state index in [1.54, 1.807) is 0 Å². The first kappa shape index (κ1) is 16.9. The van der Waals surface area contributed by atoms with Crippen molar-refractivity contribution in [3.8, 4) is 0 Å². The fourth-order valence-corrected chi connectivity index (χ4v) is 1.89. The van der Waals surface area contributed by atoms with E-state index in [0.29, 0.717) is 6.54 Å². The number of anilines is 1. The Hall–Kier alpha value is -1.13. The summed E-state index contributed by atoms with van der Waals surface area (Å²) >= 11 is 0. The molecule has 0 aliphatic rings. The van der Waals surface area contributed by atoms with E-state index in [1.807, 2.05) is 12.3 Å². The Bertz CT molecular complexity index is 370. The minimum Gasteiger partial charge on any atom is -0.395 e. The standard InChI is InChI=1S/C16H29N3O/c1-5-6-9-19(10-11-20)15-8-7-14(12-17-15)13-18-16(2,3)4/h7-8,12,18,20H,5-6,9-11,13H2,1-4H3. The molecule has 1 heterocycles. The van der Waals surface area contributed by atoms with Gasteiger partial charge in [0.05, 0.1) is 6.61 Å². The maximum Gasteiger partial charge on any atom is 0.128 e. The molecule has 1 aromatic heterocycles. The number of hydrogen-bond donors (Lipinski definition) is 2. The summed E-state index contributed by atoms with van der Waals surface area (Å²) in [5.41, 5.74) is 1.30. The number of hydrogen-bond acceptors (Lipinski definition) is 4. The molecule has 0 aliphatic carbocycles. The molecule has 4 nitrogen and oxygen atoms in total. The van der Waals surface area contributed by atoms with Crippen molar-refractivity contribution in [2.45, 2.75) is 52.6 Å². The lowest BCUT2D eigenvalue weighted by Crippen LogP contribution is -2.35. The van der Waals surface area contributed by atoms with E-state index in [0.717, 1.165) is 31.7 Å². The average molecular weight is 279 g/mol. The average Bonchev–Trinajstić information content (AvgIpc) is 2.41. The molecule has 0 fully saturated rings. The Morgan fingerprint density at radius 2 is 2.00 bits per heavy atom. The van der Waals surface area contributed by atoms with Gasteiger partial charge in [0.1, 0.15) is 5.82 Å². The van der Waals surface area contributed by atoms with Crippen molar-refractivity contribution in [3.63, 3.8) is 0 Å². The van der Waals surface area contributed by atoms with Crippen molar-refractivity contribution < 1.29 is 5.11 Å². The number of aliphatic hydroxyl groups excluding tert-OH is 1. The quantitative estimate of drug-likeness (QED) is 0.768. The van der Waals surface area contributed by atoms with Crippen molar-refractivity contribution >= 4 is 5.82 Å². The van der Waals surface area contributed by atoms with Crippen molar-refractivity contribution in [2.24, 2.45) is 0 Å². The summed E-state index contributed by atoms with van der Waals surface area (Å²) in [6.07, 6.45) is 4.19. The third-order valence-electron chi connectivity index (χ3n) is 3.11. The van der Waals surface area contributed by atoms with E-state index < -0.39 is 0 Å². The maximum atomic E-state index is 9.15. The normalized spacial score (nSPS) is 11.7. The van der Waals surface area contributed by atoms with Crippen LogP contribution in [0.3, 0.4) is 0 Å². The fourth-order valence-electron chi connectivity index (χ4n) is 1.89. The number of aromatic nitrogens is 1. The molecule has 0 aliphatic heterocycles. The molecular weight excluding hydrogens is 250 g/mol. The van der Waals surface area contributed by atoms with Crippen LogP contribution in [0.1, 0.15) is 46.1 Å². The van der Waals surface area contributed by atoms with Crippen LogP contribution in [0.25, 0.3) is 0 Å². The number of rotatable bonds is 8. The van der Waals surface area contributed by atoms with Gasteiger partial charge in [0.2, 0.25) is 0 Å². The topological polar surface area (TPSA) is 48.4 Å². The highest BCUT2D eigenvalue weighted by Crippen LogP contribution is 2.13. The molecule has 4 heteroatoms. The van der Waals surface area contributed by atoms with Crippen LogP contribution >= 0.6 is 0 Å². The van der Waals surface area contributed by atoms with Crippen molar-refractivity contribution in [1.29, 1.82) is 0 Å². The zero-order valence-electron chi connectivity index (χ0n) is 13.3. The highest BCUT2D eigenvalue weighted by Gasteiger charge is 2.10. The molecule has 0 unspecified atom stereocenters. The fraction of sp³-hybridized carbons (Fsp3) is 0.688. The van der Waals surface area contributed by atoms with Gasteiger partial charge in [-0.3, -0.25) is 0 Å². The predicted molar refractivity (Wildman–Crippen MR) is 85.0 cm³/mol. The smallest absolute Gasteiger partial charge is 0.128 e. The second kappa shape index (κ2) is 8.22. The summed E-state index contributed by atoms with van der Waals surface area (Å²) in [7, 11) is 0. The van der Waals surface area contributed by atoms with Crippen LogP contribution in [-0.4, -0.2) is 35.3 Å². The van der Waals surface area contributed by atoms with E-state index in [4.69, 9.17) is 5.11 Å². The summed E-state index contributed by atoms with van der Waals surface area (Å²) in [5.74, 6) is 0.951. The maximum absolute atomic E-state index is 9.15. The zero-order chi connectivity index (χ0) is 15.0. The molecule has 0 atom stereocenters. The van der Waals surface area contributed by atoms with Gasteiger partial charge >= 0.3 is 0 Å². The molecule has 0 saturated carbocycles. The van der Waals surface area contributed by atoms with Crippen LogP contribution in [0.15, 0.2) is 18.3 Å². The lowest BCUT2D eigenvalue weighted by Gasteiger charge is -2.23. The third kappa shape index (κ3) is 6.35.